The van der Waals surface area contributed by atoms with Crippen molar-refractivity contribution in [2.24, 2.45) is 0 Å². The van der Waals surface area contributed by atoms with E-state index >= 15 is 0 Å². The van der Waals surface area contributed by atoms with Crippen molar-refractivity contribution in [2.75, 3.05) is 26.7 Å². The lowest BCUT2D eigenvalue weighted by molar-refractivity contribution is 0.190. The zero-order valence-corrected chi connectivity index (χ0v) is 13.8. The lowest BCUT2D eigenvalue weighted by atomic mass is 10.2. The highest BCUT2D eigenvalue weighted by Crippen LogP contribution is 2.19. The number of halogens is 1. The molecule has 0 amide bonds. The summed E-state index contributed by atoms with van der Waals surface area (Å²) in [5, 5.41) is 10.7. The van der Waals surface area contributed by atoms with Gasteiger partial charge in [-0.3, -0.25) is 4.90 Å². The van der Waals surface area contributed by atoms with Gasteiger partial charge < -0.3 is 9.84 Å². The van der Waals surface area contributed by atoms with Crippen LogP contribution in [0.2, 0.25) is 0 Å². The summed E-state index contributed by atoms with van der Waals surface area (Å²) >= 11 is 1.68. The Balaban J connectivity index is 0.00000161. The van der Waals surface area contributed by atoms with Gasteiger partial charge in [-0.15, -0.1) is 23.7 Å². The molecule has 1 aliphatic rings. The van der Waals surface area contributed by atoms with Crippen molar-refractivity contribution < 1.29 is 4.52 Å². The highest BCUT2D eigenvalue weighted by Gasteiger charge is 2.25. The van der Waals surface area contributed by atoms with E-state index in [1.807, 2.05) is 0 Å². The summed E-state index contributed by atoms with van der Waals surface area (Å²) in [7, 11) is 2.09. The first-order chi connectivity index (χ1) is 9.76. The fraction of sp³-hybridized carbons (Fsp3) is 0.615. The largest absolute Gasteiger partial charge is 0.339 e. The Morgan fingerprint density at radius 2 is 2.33 bits per heavy atom. The Morgan fingerprint density at radius 3 is 3.05 bits per heavy atom. The van der Waals surface area contributed by atoms with Crippen LogP contribution in [0.15, 0.2) is 9.90 Å². The van der Waals surface area contributed by atoms with Crippen LogP contribution in [0.5, 0.6) is 0 Å². The molecule has 2 aromatic rings. The molecule has 8 heteroatoms. The molecule has 0 aromatic carbocycles. The number of hydrogen-bond acceptors (Lipinski definition) is 7. The molecule has 3 heterocycles. The molecule has 1 fully saturated rings. The van der Waals surface area contributed by atoms with Crippen LogP contribution in [0.3, 0.4) is 0 Å². The third kappa shape index (κ3) is 3.79. The topological polar surface area (TPSA) is 67.1 Å². The monoisotopic (exact) mass is 329 g/mol. The van der Waals surface area contributed by atoms with Gasteiger partial charge in [-0.2, -0.15) is 4.98 Å². The maximum absolute atomic E-state index is 5.36. The van der Waals surface area contributed by atoms with E-state index in [0.717, 1.165) is 42.6 Å². The third-order valence-corrected chi connectivity index (χ3v) is 4.57. The number of nitrogens with zero attached hydrogens (tertiary/aromatic N) is 4. The van der Waals surface area contributed by atoms with E-state index in [1.54, 1.807) is 11.3 Å². The average molecular weight is 330 g/mol. The second-order valence-corrected chi connectivity index (χ2v) is 5.95. The maximum Gasteiger partial charge on any atom is 0.232 e. The van der Waals surface area contributed by atoms with Crippen LogP contribution in [0.4, 0.5) is 0 Å². The van der Waals surface area contributed by atoms with Gasteiger partial charge >= 0.3 is 0 Å². The van der Waals surface area contributed by atoms with Crippen LogP contribution in [0.1, 0.15) is 35.4 Å². The number of thiazole rings is 1. The molecule has 0 bridgehead atoms. The van der Waals surface area contributed by atoms with E-state index in [-0.39, 0.29) is 18.4 Å². The molecule has 0 aliphatic carbocycles. The maximum atomic E-state index is 5.36. The molecule has 1 atom stereocenters. The molecular weight excluding hydrogens is 310 g/mol. The van der Waals surface area contributed by atoms with Gasteiger partial charge in [-0.1, -0.05) is 12.1 Å². The van der Waals surface area contributed by atoms with Gasteiger partial charge in [0.2, 0.25) is 5.89 Å². The zero-order chi connectivity index (χ0) is 13.9. The predicted molar refractivity (Wildman–Crippen MR) is 84.1 cm³/mol. The van der Waals surface area contributed by atoms with Gasteiger partial charge in [0.1, 0.15) is 0 Å². The summed E-state index contributed by atoms with van der Waals surface area (Å²) in [6, 6.07) is 0.197. The van der Waals surface area contributed by atoms with Crippen molar-refractivity contribution in [3.63, 3.8) is 0 Å². The molecule has 3 rings (SSSR count). The van der Waals surface area contributed by atoms with Gasteiger partial charge in [0.15, 0.2) is 5.82 Å². The first-order valence-electron chi connectivity index (χ1n) is 6.93. The van der Waals surface area contributed by atoms with Gasteiger partial charge in [0.05, 0.1) is 23.2 Å². The summed E-state index contributed by atoms with van der Waals surface area (Å²) in [5.74, 6) is 1.41. The first-order valence-corrected chi connectivity index (χ1v) is 7.81. The number of nitrogens with one attached hydrogen (secondary N) is 1. The Bertz CT molecular complexity index is 572. The third-order valence-electron chi connectivity index (χ3n) is 3.53. The van der Waals surface area contributed by atoms with Crippen molar-refractivity contribution in [2.45, 2.75) is 25.8 Å². The SMILES string of the molecule is CCc1nc(Cc2nc(C3CNCCN3C)no2)cs1.Cl. The summed E-state index contributed by atoms with van der Waals surface area (Å²) in [6.07, 6.45) is 1.59. The normalized spacial score (nSPS) is 19.4. The molecule has 1 aliphatic heterocycles. The first kappa shape index (κ1) is 16.4. The number of rotatable bonds is 4. The van der Waals surface area contributed by atoms with E-state index in [9.17, 15) is 0 Å². The fourth-order valence-electron chi connectivity index (χ4n) is 2.32. The number of likely N-dealkylation sites (N-methyl/N-ethyl adjacent to an activating group) is 1. The number of hydrogen-bond donors (Lipinski definition) is 1. The number of piperazine rings is 1. The minimum Gasteiger partial charge on any atom is -0.339 e. The van der Waals surface area contributed by atoms with Crippen LogP contribution in [0.25, 0.3) is 0 Å². The molecule has 1 saturated heterocycles. The Morgan fingerprint density at radius 1 is 1.48 bits per heavy atom. The second kappa shape index (κ2) is 7.31. The summed E-state index contributed by atoms with van der Waals surface area (Å²) < 4.78 is 5.36. The van der Waals surface area contributed by atoms with Crippen molar-refractivity contribution in [3.8, 4) is 0 Å². The minimum absolute atomic E-state index is 0. The fourth-order valence-corrected chi connectivity index (χ4v) is 3.06. The van der Waals surface area contributed by atoms with E-state index in [0.29, 0.717) is 12.3 Å². The molecule has 1 N–H and O–H groups in total. The van der Waals surface area contributed by atoms with E-state index < -0.39 is 0 Å². The van der Waals surface area contributed by atoms with Gasteiger partial charge in [-0.25, -0.2) is 4.98 Å². The molecule has 21 heavy (non-hydrogen) atoms. The minimum atomic E-state index is 0. The Labute approximate surface area is 134 Å². The highest BCUT2D eigenvalue weighted by molar-refractivity contribution is 7.09. The lowest BCUT2D eigenvalue weighted by Gasteiger charge is -2.30. The molecule has 1 unspecified atom stereocenters. The molecule has 2 aromatic heterocycles. The van der Waals surface area contributed by atoms with Crippen molar-refractivity contribution >= 4 is 23.7 Å². The van der Waals surface area contributed by atoms with Crippen LogP contribution in [-0.2, 0) is 12.8 Å². The van der Waals surface area contributed by atoms with Crippen molar-refractivity contribution in [3.05, 3.63) is 27.8 Å². The Hall–Kier alpha value is -1.02. The smallest absolute Gasteiger partial charge is 0.232 e. The van der Waals surface area contributed by atoms with Crippen LogP contribution in [-0.4, -0.2) is 46.7 Å². The molecule has 0 spiro atoms. The van der Waals surface area contributed by atoms with Crippen molar-refractivity contribution in [1.82, 2.24) is 25.3 Å². The quantitative estimate of drug-likeness (QED) is 0.920. The van der Waals surface area contributed by atoms with Crippen molar-refractivity contribution in [1.29, 1.82) is 0 Å². The molecule has 0 saturated carbocycles. The highest BCUT2D eigenvalue weighted by atomic mass is 35.5. The van der Waals surface area contributed by atoms with Crippen LogP contribution < -0.4 is 5.32 Å². The second-order valence-electron chi connectivity index (χ2n) is 5.01. The molecule has 116 valence electrons. The zero-order valence-electron chi connectivity index (χ0n) is 12.2. The van der Waals surface area contributed by atoms with Gasteiger partial charge in [-0.05, 0) is 13.5 Å². The van der Waals surface area contributed by atoms with E-state index in [1.165, 1.54) is 0 Å². The number of aryl methyl sites for hydroxylation is 1. The Kier molecular flexibility index (Phi) is 5.69. The average Bonchev–Trinajstić information content (AvgIpc) is 3.09. The van der Waals surface area contributed by atoms with E-state index in [2.05, 4.69) is 44.7 Å². The predicted octanol–water partition coefficient (Wildman–Crippen LogP) is 1.68. The molecule has 6 nitrogen and oxygen atoms in total. The lowest BCUT2D eigenvalue weighted by Crippen LogP contribution is -2.44. The number of aromatic nitrogens is 3. The summed E-state index contributed by atoms with van der Waals surface area (Å²) in [4.78, 5) is 11.3. The van der Waals surface area contributed by atoms with Crippen LogP contribution in [0, 0.1) is 0 Å². The van der Waals surface area contributed by atoms with Crippen LogP contribution >= 0.6 is 23.7 Å². The molecule has 0 radical (unpaired) electrons. The summed E-state index contributed by atoms with van der Waals surface area (Å²) in [5.41, 5.74) is 1.01. The van der Waals surface area contributed by atoms with Gasteiger partial charge in [0.25, 0.3) is 0 Å². The van der Waals surface area contributed by atoms with Gasteiger partial charge in [0, 0.05) is 25.0 Å². The molecular formula is C13H20ClN5OS. The van der Waals surface area contributed by atoms with E-state index in [4.69, 9.17) is 4.52 Å². The summed E-state index contributed by atoms with van der Waals surface area (Å²) in [6.45, 7) is 4.99. The standard InChI is InChI=1S/C13H19N5OS.ClH/c1-3-12-15-9(8-20-12)6-11-16-13(17-19-11)10-7-14-4-5-18(10)2;/h8,10,14H,3-7H2,1-2H3;1H.